The molecule has 1 N–H and O–H groups in total. The Hall–Kier alpha value is -3.17. The summed E-state index contributed by atoms with van der Waals surface area (Å²) in [6, 6.07) is 16.3. The predicted molar refractivity (Wildman–Crippen MR) is 122 cm³/mol. The maximum absolute atomic E-state index is 12.8. The molecule has 3 aromatic rings. The fraction of sp³-hybridized carbons (Fsp3) is 0.304. The molecule has 2 aromatic carbocycles. The molecule has 32 heavy (non-hydrogen) atoms. The minimum Gasteiger partial charge on any atom is -0.367 e. The van der Waals surface area contributed by atoms with E-state index in [2.05, 4.69) is 10.00 Å². The highest BCUT2D eigenvalue weighted by Gasteiger charge is 2.25. The Morgan fingerprint density at radius 2 is 1.69 bits per heavy atom. The summed E-state index contributed by atoms with van der Waals surface area (Å²) in [6.45, 7) is 6.17. The molecule has 2 heterocycles. The number of aromatic nitrogens is 2. The Labute approximate surface area is 187 Å². The van der Waals surface area contributed by atoms with Crippen molar-refractivity contribution in [2.45, 2.75) is 25.3 Å². The van der Waals surface area contributed by atoms with E-state index in [0.717, 1.165) is 28.2 Å². The van der Waals surface area contributed by atoms with E-state index in [0.29, 0.717) is 26.2 Å². The zero-order chi connectivity index (χ0) is 22.9. The van der Waals surface area contributed by atoms with Crippen molar-refractivity contribution in [1.82, 2.24) is 14.7 Å². The predicted octanol–water partition coefficient (Wildman–Crippen LogP) is 2.76. The van der Waals surface area contributed by atoms with Gasteiger partial charge in [-0.05, 0) is 37.6 Å². The van der Waals surface area contributed by atoms with Gasteiger partial charge in [0, 0.05) is 43.1 Å². The number of benzene rings is 2. The third-order valence-corrected chi connectivity index (χ3v) is 6.56. The van der Waals surface area contributed by atoms with Gasteiger partial charge in [0.15, 0.2) is 0 Å². The fourth-order valence-corrected chi connectivity index (χ4v) is 4.56. The van der Waals surface area contributed by atoms with E-state index in [1.54, 1.807) is 10.7 Å². The number of rotatable bonds is 5. The highest BCUT2D eigenvalue weighted by atomic mass is 32.2. The van der Waals surface area contributed by atoms with E-state index in [1.165, 1.54) is 12.1 Å². The van der Waals surface area contributed by atoms with Crippen molar-refractivity contribution in [2.24, 2.45) is 0 Å². The second kappa shape index (κ2) is 8.76. The summed E-state index contributed by atoms with van der Waals surface area (Å²) in [5, 5.41) is 4.36. The van der Waals surface area contributed by atoms with E-state index in [-0.39, 0.29) is 17.3 Å². The summed E-state index contributed by atoms with van der Waals surface area (Å²) in [6.07, 6.45) is 0. The van der Waals surface area contributed by atoms with E-state index < -0.39 is 10.1 Å². The zero-order valence-corrected chi connectivity index (χ0v) is 18.9. The number of piperazine rings is 1. The molecule has 1 aromatic heterocycles. The van der Waals surface area contributed by atoms with Crippen LogP contribution in [0, 0.1) is 13.8 Å². The SMILES string of the molecule is Cc1cc(C)n(CC(=O)N2CCN(c3cc(S(=O)(=O)O)ccc3-c3ccccc3)CC2)n1. The molecule has 4 rings (SSSR count). The number of nitrogens with zero attached hydrogens (tertiary/aromatic N) is 4. The third-order valence-electron chi connectivity index (χ3n) is 5.71. The minimum atomic E-state index is -4.32. The second-order valence-electron chi connectivity index (χ2n) is 7.97. The lowest BCUT2D eigenvalue weighted by atomic mass is 10.0. The number of hydrogen-bond donors (Lipinski definition) is 1. The van der Waals surface area contributed by atoms with Gasteiger partial charge in [-0.15, -0.1) is 0 Å². The highest BCUT2D eigenvalue weighted by Crippen LogP contribution is 2.33. The molecule has 0 bridgehead atoms. The summed E-state index contributed by atoms with van der Waals surface area (Å²) in [4.78, 5) is 16.5. The fourth-order valence-electron chi connectivity index (χ4n) is 4.06. The molecule has 9 heteroatoms. The molecule has 1 fully saturated rings. The number of aryl methyl sites for hydroxylation is 2. The molecule has 0 saturated carbocycles. The molecule has 0 spiro atoms. The smallest absolute Gasteiger partial charge is 0.294 e. The Kier molecular flexibility index (Phi) is 6.03. The Morgan fingerprint density at radius 3 is 2.28 bits per heavy atom. The molecule has 0 atom stereocenters. The zero-order valence-electron chi connectivity index (χ0n) is 18.1. The van der Waals surface area contributed by atoms with Gasteiger partial charge in [0.2, 0.25) is 5.91 Å². The number of carbonyl (C=O) groups is 1. The van der Waals surface area contributed by atoms with E-state index in [1.807, 2.05) is 55.1 Å². The number of hydrogen-bond acceptors (Lipinski definition) is 5. The average molecular weight is 455 g/mol. The van der Waals surface area contributed by atoms with Gasteiger partial charge in [-0.25, -0.2) is 0 Å². The molecule has 0 aliphatic carbocycles. The van der Waals surface area contributed by atoms with Crippen molar-refractivity contribution < 1.29 is 17.8 Å². The summed E-state index contributed by atoms with van der Waals surface area (Å²) < 4.78 is 34.7. The maximum atomic E-state index is 12.8. The molecule has 1 aliphatic heterocycles. The van der Waals surface area contributed by atoms with Gasteiger partial charge in [0.05, 0.1) is 10.6 Å². The first kappa shape index (κ1) is 22.0. The van der Waals surface area contributed by atoms with Crippen molar-refractivity contribution in [3.8, 4) is 11.1 Å². The first-order valence-electron chi connectivity index (χ1n) is 10.4. The van der Waals surface area contributed by atoms with Crippen LogP contribution in [0.1, 0.15) is 11.4 Å². The van der Waals surface area contributed by atoms with Crippen molar-refractivity contribution in [3.05, 3.63) is 66.0 Å². The lowest BCUT2D eigenvalue weighted by molar-refractivity contribution is -0.132. The Morgan fingerprint density at radius 1 is 1.00 bits per heavy atom. The molecule has 8 nitrogen and oxygen atoms in total. The van der Waals surface area contributed by atoms with Crippen LogP contribution in [-0.4, -0.2) is 59.7 Å². The van der Waals surface area contributed by atoms with Crippen LogP contribution in [0.5, 0.6) is 0 Å². The Bertz CT molecular complexity index is 1230. The van der Waals surface area contributed by atoms with Crippen molar-refractivity contribution >= 4 is 21.7 Å². The van der Waals surface area contributed by atoms with Crippen molar-refractivity contribution in [2.75, 3.05) is 31.1 Å². The van der Waals surface area contributed by atoms with E-state index in [4.69, 9.17) is 0 Å². The van der Waals surface area contributed by atoms with Crippen molar-refractivity contribution in [3.63, 3.8) is 0 Å². The molecule has 1 aliphatic rings. The summed E-state index contributed by atoms with van der Waals surface area (Å²) in [5.41, 5.74) is 4.38. The van der Waals surface area contributed by atoms with Crippen LogP contribution < -0.4 is 4.90 Å². The first-order valence-corrected chi connectivity index (χ1v) is 11.9. The van der Waals surface area contributed by atoms with Crippen LogP contribution in [0.3, 0.4) is 0 Å². The average Bonchev–Trinajstić information content (AvgIpc) is 3.09. The lowest BCUT2D eigenvalue weighted by Crippen LogP contribution is -2.49. The van der Waals surface area contributed by atoms with E-state index in [9.17, 15) is 17.8 Å². The Balaban J connectivity index is 1.54. The standard InChI is InChI=1S/C23H26N4O4S/c1-17-14-18(2)27(24-17)16-23(28)26-12-10-25(11-13-26)22-15-20(32(29,30)31)8-9-21(22)19-6-4-3-5-7-19/h3-9,14-15H,10-13,16H2,1-2H3,(H,29,30,31). The highest BCUT2D eigenvalue weighted by molar-refractivity contribution is 7.85. The first-order chi connectivity index (χ1) is 15.2. The van der Waals surface area contributed by atoms with Crippen LogP contribution in [0.2, 0.25) is 0 Å². The van der Waals surface area contributed by atoms with Crippen molar-refractivity contribution in [1.29, 1.82) is 0 Å². The number of amides is 1. The molecular formula is C23H26N4O4S. The van der Waals surface area contributed by atoms with Gasteiger partial charge >= 0.3 is 0 Å². The third kappa shape index (κ3) is 4.68. The maximum Gasteiger partial charge on any atom is 0.294 e. The van der Waals surface area contributed by atoms with Crippen LogP contribution in [-0.2, 0) is 21.5 Å². The van der Waals surface area contributed by atoms with Gasteiger partial charge in [0.25, 0.3) is 10.1 Å². The van der Waals surface area contributed by atoms with Gasteiger partial charge < -0.3 is 9.80 Å². The van der Waals surface area contributed by atoms with Crippen LogP contribution in [0.15, 0.2) is 59.5 Å². The quantitative estimate of drug-likeness (QED) is 0.596. The monoisotopic (exact) mass is 454 g/mol. The van der Waals surface area contributed by atoms with E-state index >= 15 is 0 Å². The largest absolute Gasteiger partial charge is 0.367 e. The van der Waals surface area contributed by atoms with Crippen LogP contribution in [0.4, 0.5) is 5.69 Å². The summed E-state index contributed by atoms with van der Waals surface area (Å²) in [5.74, 6) is 0.00539. The number of carbonyl (C=O) groups excluding carboxylic acids is 1. The van der Waals surface area contributed by atoms with Gasteiger partial charge in [0.1, 0.15) is 6.54 Å². The molecule has 168 valence electrons. The van der Waals surface area contributed by atoms with Gasteiger partial charge in [-0.3, -0.25) is 14.0 Å². The van der Waals surface area contributed by atoms with Gasteiger partial charge in [-0.2, -0.15) is 13.5 Å². The molecular weight excluding hydrogens is 428 g/mol. The molecule has 0 unspecified atom stereocenters. The molecule has 1 saturated heterocycles. The van der Waals surface area contributed by atoms with Crippen LogP contribution >= 0.6 is 0 Å². The lowest BCUT2D eigenvalue weighted by Gasteiger charge is -2.37. The second-order valence-corrected chi connectivity index (χ2v) is 9.39. The molecule has 0 radical (unpaired) electrons. The topological polar surface area (TPSA) is 95.7 Å². The normalized spacial score (nSPS) is 14.6. The van der Waals surface area contributed by atoms with Gasteiger partial charge in [-0.1, -0.05) is 36.4 Å². The summed E-state index contributed by atoms with van der Waals surface area (Å²) in [7, 11) is -4.32. The minimum absolute atomic E-state index is 0.00539. The molecule has 1 amide bonds. The van der Waals surface area contributed by atoms with Crippen LogP contribution in [0.25, 0.3) is 11.1 Å². The summed E-state index contributed by atoms with van der Waals surface area (Å²) >= 11 is 0. The number of anilines is 1.